The van der Waals surface area contributed by atoms with Gasteiger partial charge in [-0.1, -0.05) is 0 Å². The Hall–Kier alpha value is -0.220. The lowest BCUT2D eigenvalue weighted by Crippen LogP contribution is -2.37. The summed E-state index contributed by atoms with van der Waals surface area (Å²) in [5.41, 5.74) is 5.74. The van der Waals surface area contributed by atoms with Crippen molar-refractivity contribution in [3.63, 3.8) is 0 Å². The number of hydrogen-bond acceptors (Lipinski definition) is 3. The topological polar surface area (TPSA) is 63.3 Å². The minimum atomic E-state index is -0.725. The standard InChI is InChI=1S/C7H13NO2S/c8-6-4-11-2-1-5(6)3-7(9)10/h5-6H,1-4,8H2,(H,9,10)/t5-,6-/m0/s1. The van der Waals surface area contributed by atoms with Crippen molar-refractivity contribution in [3.05, 3.63) is 0 Å². The first-order valence-electron chi connectivity index (χ1n) is 3.75. The lowest BCUT2D eigenvalue weighted by molar-refractivity contribution is -0.138. The van der Waals surface area contributed by atoms with Gasteiger partial charge >= 0.3 is 5.97 Å². The molecular formula is C7H13NO2S. The van der Waals surface area contributed by atoms with Crippen LogP contribution in [0.15, 0.2) is 0 Å². The minimum absolute atomic E-state index is 0.0878. The third-order valence-electron chi connectivity index (χ3n) is 1.99. The predicted molar refractivity (Wildman–Crippen MR) is 45.7 cm³/mol. The van der Waals surface area contributed by atoms with Crippen molar-refractivity contribution in [3.8, 4) is 0 Å². The van der Waals surface area contributed by atoms with Crippen molar-refractivity contribution in [1.29, 1.82) is 0 Å². The summed E-state index contributed by atoms with van der Waals surface area (Å²) >= 11 is 1.82. The van der Waals surface area contributed by atoms with E-state index in [1.807, 2.05) is 11.8 Å². The van der Waals surface area contributed by atoms with Crippen LogP contribution < -0.4 is 5.73 Å². The maximum absolute atomic E-state index is 10.4. The molecule has 0 saturated carbocycles. The largest absolute Gasteiger partial charge is 0.481 e. The van der Waals surface area contributed by atoms with Crippen LogP contribution >= 0.6 is 11.8 Å². The fourth-order valence-corrected chi connectivity index (χ4v) is 2.46. The van der Waals surface area contributed by atoms with E-state index < -0.39 is 5.97 Å². The van der Waals surface area contributed by atoms with Crippen molar-refractivity contribution >= 4 is 17.7 Å². The second-order valence-electron chi connectivity index (χ2n) is 2.89. The summed E-state index contributed by atoms with van der Waals surface area (Å²) < 4.78 is 0. The zero-order valence-electron chi connectivity index (χ0n) is 6.32. The quantitative estimate of drug-likeness (QED) is 0.643. The molecule has 0 aromatic carbocycles. The summed E-state index contributed by atoms with van der Waals surface area (Å²) in [5.74, 6) is 1.45. The highest BCUT2D eigenvalue weighted by Crippen LogP contribution is 2.24. The zero-order chi connectivity index (χ0) is 8.27. The smallest absolute Gasteiger partial charge is 0.303 e. The Morgan fingerprint density at radius 1 is 1.73 bits per heavy atom. The van der Waals surface area contributed by atoms with E-state index in [1.54, 1.807) is 0 Å². The predicted octanol–water partition coefficient (Wildman–Crippen LogP) is 0.542. The number of aliphatic carboxylic acids is 1. The molecule has 0 aliphatic carbocycles. The lowest BCUT2D eigenvalue weighted by atomic mass is 9.95. The molecule has 64 valence electrons. The van der Waals surface area contributed by atoms with E-state index in [0.717, 1.165) is 17.9 Å². The molecule has 0 bridgehead atoms. The molecule has 3 N–H and O–H groups in total. The van der Waals surface area contributed by atoms with Crippen molar-refractivity contribution in [2.75, 3.05) is 11.5 Å². The maximum Gasteiger partial charge on any atom is 0.303 e. The number of carboxylic acid groups (broad SMARTS) is 1. The molecule has 1 fully saturated rings. The molecule has 11 heavy (non-hydrogen) atoms. The summed E-state index contributed by atoms with van der Waals surface area (Å²) in [4.78, 5) is 10.4. The fraction of sp³-hybridized carbons (Fsp3) is 0.857. The van der Waals surface area contributed by atoms with Gasteiger partial charge in [0, 0.05) is 18.2 Å². The van der Waals surface area contributed by atoms with E-state index in [2.05, 4.69) is 0 Å². The maximum atomic E-state index is 10.4. The Kier molecular flexibility index (Phi) is 3.20. The number of nitrogens with two attached hydrogens (primary N) is 1. The van der Waals surface area contributed by atoms with Crippen LogP contribution in [0.3, 0.4) is 0 Å². The van der Waals surface area contributed by atoms with Crippen LogP contribution in [0, 0.1) is 5.92 Å². The highest BCUT2D eigenvalue weighted by atomic mass is 32.2. The molecule has 0 spiro atoms. The lowest BCUT2D eigenvalue weighted by Gasteiger charge is -2.26. The van der Waals surface area contributed by atoms with Gasteiger partial charge in [-0.3, -0.25) is 4.79 Å². The number of carboxylic acids is 1. The van der Waals surface area contributed by atoms with E-state index in [-0.39, 0.29) is 18.4 Å². The van der Waals surface area contributed by atoms with Gasteiger partial charge < -0.3 is 10.8 Å². The molecule has 0 radical (unpaired) electrons. The molecule has 0 amide bonds. The van der Waals surface area contributed by atoms with Crippen molar-refractivity contribution < 1.29 is 9.90 Å². The molecule has 4 heteroatoms. The van der Waals surface area contributed by atoms with Gasteiger partial charge in [-0.2, -0.15) is 11.8 Å². The Balaban J connectivity index is 2.35. The van der Waals surface area contributed by atoms with Crippen LogP contribution in [0.5, 0.6) is 0 Å². The molecule has 3 nitrogen and oxygen atoms in total. The van der Waals surface area contributed by atoms with E-state index >= 15 is 0 Å². The molecule has 1 aliphatic rings. The summed E-state index contributed by atoms with van der Waals surface area (Å²) in [6, 6.07) is 0.0878. The molecule has 0 aromatic heterocycles. The molecule has 1 heterocycles. The highest BCUT2D eigenvalue weighted by molar-refractivity contribution is 7.99. The van der Waals surface area contributed by atoms with Crippen LogP contribution in [-0.4, -0.2) is 28.6 Å². The number of hydrogen-bond donors (Lipinski definition) is 2. The van der Waals surface area contributed by atoms with E-state index in [0.29, 0.717) is 0 Å². The fourth-order valence-electron chi connectivity index (χ4n) is 1.28. The van der Waals surface area contributed by atoms with Crippen LogP contribution in [0.25, 0.3) is 0 Å². The van der Waals surface area contributed by atoms with Gasteiger partial charge in [-0.15, -0.1) is 0 Å². The minimum Gasteiger partial charge on any atom is -0.481 e. The molecule has 0 unspecified atom stereocenters. The van der Waals surface area contributed by atoms with Gasteiger partial charge in [0.15, 0.2) is 0 Å². The van der Waals surface area contributed by atoms with E-state index in [4.69, 9.17) is 10.8 Å². The third kappa shape index (κ3) is 2.71. The zero-order valence-corrected chi connectivity index (χ0v) is 7.14. The number of rotatable bonds is 2. The Morgan fingerprint density at radius 2 is 2.45 bits per heavy atom. The molecule has 1 rings (SSSR count). The molecular weight excluding hydrogens is 162 g/mol. The van der Waals surface area contributed by atoms with Gasteiger partial charge in [0.05, 0.1) is 0 Å². The number of thioether (sulfide) groups is 1. The number of carbonyl (C=O) groups is 1. The van der Waals surface area contributed by atoms with E-state index in [9.17, 15) is 4.79 Å². The normalized spacial score (nSPS) is 31.7. The Labute approximate surface area is 70.3 Å². The van der Waals surface area contributed by atoms with Gasteiger partial charge in [-0.05, 0) is 18.1 Å². The monoisotopic (exact) mass is 175 g/mol. The first-order chi connectivity index (χ1) is 5.20. The first-order valence-corrected chi connectivity index (χ1v) is 4.90. The first kappa shape index (κ1) is 8.87. The summed E-state index contributed by atoms with van der Waals surface area (Å²) in [6.07, 6.45) is 1.19. The van der Waals surface area contributed by atoms with Crippen molar-refractivity contribution in [2.24, 2.45) is 11.7 Å². The van der Waals surface area contributed by atoms with Crippen molar-refractivity contribution in [2.45, 2.75) is 18.9 Å². The average molecular weight is 175 g/mol. The van der Waals surface area contributed by atoms with Crippen LogP contribution in [0.4, 0.5) is 0 Å². The molecule has 0 aromatic rings. The van der Waals surface area contributed by atoms with Gasteiger partial charge in [0.2, 0.25) is 0 Å². The third-order valence-corrected chi connectivity index (χ3v) is 3.13. The Bertz CT molecular complexity index is 151. The highest BCUT2D eigenvalue weighted by Gasteiger charge is 2.23. The van der Waals surface area contributed by atoms with Crippen LogP contribution in [0.2, 0.25) is 0 Å². The summed E-state index contributed by atoms with van der Waals surface area (Å²) in [7, 11) is 0. The second-order valence-corrected chi connectivity index (χ2v) is 4.04. The summed E-state index contributed by atoms with van der Waals surface area (Å²) in [6.45, 7) is 0. The molecule has 1 aliphatic heterocycles. The van der Waals surface area contributed by atoms with E-state index in [1.165, 1.54) is 0 Å². The molecule has 1 saturated heterocycles. The van der Waals surface area contributed by atoms with Crippen molar-refractivity contribution in [1.82, 2.24) is 0 Å². The van der Waals surface area contributed by atoms with Gasteiger partial charge in [0.25, 0.3) is 0 Å². The molecule has 2 atom stereocenters. The van der Waals surface area contributed by atoms with Crippen LogP contribution in [-0.2, 0) is 4.79 Å². The van der Waals surface area contributed by atoms with Crippen LogP contribution in [0.1, 0.15) is 12.8 Å². The van der Waals surface area contributed by atoms with Gasteiger partial charge in [0.1, 0.15) is 0 Å². The summed E-state index contributed by atoms with van der Waals surface area (Å²) in [5, 5.41) is 8.52. The SMILES string of the molecule is N[C@H]1CSCC[C@H]1CC(=O)O. The second kappa shape index (κ2) is 3.97. The Morgan fingerprint density at radius 3 is 3.00 bits per heavy atom. The van der Waals surface area contributed by atoms with Gasteiger partial charge in [-0.25, -0.2) is 0 Å². The average Bonchev–Trinajstić information content (AvgIpc) is 1.93.